The highest BCUT2D eigenvalue weighted by Gasteiger charge is 2.21. The van der Waals surface area contributed by atoms with Crippen LogP contribution in [0.2, 0.25) is 0 Å². The molecular formula is C20H19FN6OS. The number of nitrogens with zero attached hydrogens (tertiary/aromatic N) is 5. The molecule has 0 unspecified atom stereocenters. The topological polar surface area (TPSA) is 76.8 Å². The maximum Gasteiger partial charge on any atom is 0.213 e. The van der Waals surface area contributed by atoms with E-state index in [0.717, 1.165) is 31.9 Å². The molecule has 29 heavy (non-hydrogen) atoms. The number of aromatic nitrogens is 1. The molecule has 1 N–H and O–H groups in total. The fraction of sp³-hybridized carbons (Fsp3) is 0.300. The number of ether oxygens (including phenoxy) is 1. The molecule has 0 radical (unpaired) electrons. The van der Waals surface area contributed by atoms with Crippen molar-refractivity contribution in [2.75, 3.05) is 37.7 Å². The van der Waals surface area contributed by atoms with Crippen LogP contribution in [0.5, 0.6) is 5.75 Å². The number of pyridine rings is 1. The van der Waals surface area contributed by atoms with Gasteiger partial charge in [-0.15, -0.1) is 0 Å². The van der Waals surface area contributed by atoms with E-state index < -0.39 is 5.95 Å². The quantitative estimate of drug-likeness (QED) is 0.462. The van der Waals surface area contributed by atoms with Gasteiger partial charge in [0.05, 0.1) is 24.0 Å². The maximum atomic E-state index is 13.5. The van der Waals surface area contributed by atoms with Crippen molar-refractivity contribution in [3.05, 3.63) is 53.6 Å². The zero-order chi connectivity index (χ0) is 20.2. The molecule has 2 aromatic rings. The van der Waals surface area contributed by atoms with Gasteiger partial charge in [0.25, 0.3) is 0 Å². The number of hydrogen-bond donors (Lipinski definition) is 1. The number of hydrazone groups is 1. The molecule has 0 saturated carbocycles. The summed E-state index contributed by atoms with van der Waals surface area (Å²) in [6.45, 7) is 3.60. The summed E-state index contributed by atoms with van der Waals surface area (Å²) in [6.07, 6.45) is 0.533. The summed E-state index contributed by atoms with van der Waals surface area (Å²) in [5, 5.41) is 13.8. The molecule has 3 heterocycles. The van der Waals surface area contributed by atoms with Crippen LogP contribution in [0.4, 0.5) is 10.1 Å². The van der Waals surface area contributed by atoms with E-state index in [4.69, 9.17) is 22.2 Å². The van der Waals surface area contributed by atoms with Gasteiger partial charge in [-0.1, -0.05) is 0 Å². The number of hydrogen-bond acceptors (Lipinski definition) is 6. The first kappa shape index (κ1) is 19.1. The van der Waals surface area contributed by atoms with Crippen LogP contribution in [0.3, 0.4) is 0 Å². The van der Waals surface area contributed by atoms with Crippen LogP contribution >= 0.6 is 12.2 Å². The predicted octanol–water partition coefficient (Wildman–Crippen LogP) is 2.28. The van der Waals surface area contributed by atoms with Gasteiger partial charge in [-0.2, -0.15) is 14.8 Å². The van der Waals surface area contributed by atoms with Crippen molar-refractivity contribution in [3.8, 4) is 11.8 Å². The minimum atomic E-state index is -0.566. The van der Waals surface area contributed by atoms with Gasteiger partial charge < -0.3 is 14.5 Å². The molecular weight excluding hydrogens is 391 g/mol. The van der Waals surface area contributed by atoms with Crippen molar-refractivity contribution in [3.63, 3.8) is 0 Å². The summed E-state index contributed by atoms with van der Waals surface area (Å²) >= 11 is 5.48. The van der Waals surface area contributed by atoms with Gasteiger partial charge in [0.1, 0.15) is 11.4 Å². The van der Waals surface area contributed by atoms with Crippen LogP contribution in [0, 0.1) is 17.3 Å². The Morgan fingerprint density at radius 3 is 2.66 bits per heavy atom. The third kappa shape index (κ3) is 4.27. The summed E-state index contributed by atoms with van der Waals surface area (Å²) in [7, 11) is 0. The van der Waals surface area contributed by atoms with Crippen molar-refractivity contribution in [1.82, 2.24) is 15.3 Å². The summed E-state index contributed by atoms with van der Waals surface area (Å²) in [5.41, 5.74) is 5.71. The average molecular weight is 410 g/mol. The highest BCUT2D eigenvalue weighted by Crippen LogP contribution is 2.23. The first-order valence-corrected chi connectivity index (χ1v) is 9.71. The molecule has 7 nitrogen and oxygen atoms in total. The Labute approximate surface area is 173 Å². The molecule has 1 saturated heterocycles. The van der Waals surface area contributed by atoms with Crippen molar-refractivity contribution in [1.29, 1.82) is 5.26 Å². The number of piperazine rings is 1. The summed E-state index contributed by atoms with van der Waals surface area (Å²) in [4.78, 5) is 8.21. The minimum Gasteiger partial charge on any atom is -0.491 e. The van der Waals surface area contributed by atoms with Crippen molar-refractivity contribution in [2.24, 2.45) is 5.10 Å². The number of thiocarbonyl (C=S) groups is 1. The molecule has 0 bridgehead atoms. The van der Waals surface area contributed by atoms with Gasteiger partial charge in [0.2, 0.25) is 5.95 Å². The van der Waals surface area contributed by atoms with Crippen molar-refractivity contribution >= 4 is 28.7 Å². The number of halogens is 1. The Bertz CT molecular complexity index is 979. The lowest BCUT2D eigenvalue weighted by atomic mass is 10.1. The van der Waals surface area contributed by atoms with E-state index in [0.29, 0.717) is 40.9 Å². The second-order valence-electron chi connectivity index (χ2n) is 6.69. The Kier molecular flexibility index (Phi) is 5.53. The standard InChI is InChI=1S/C20H19FN6OS/c21-18-6-5-17-19(23-18)16(7-12-28-17)24-25-20(29)27-10-8-26(9-11-27)15-3-1-14(13-22)2-4-15/h1-6H,7-12H2,(H,25,29)/b24-16-. The van der Waals surface area contributed by atoms with Crippen LogP contribution in [0.15, 0.2) is 41.5 Å². The highest BCUT2D eigenvalue weighted by atomic mass is 32.1. The summed E-state index contributed by atoms with van der Waals surface area (Å²) in [6, 6.07) is 12.5. The van der Waals surface area contributed by atoms with Gasteiger partial charge in [-0.3, -0.25) is 5.43 Å². The largest absolute Gasteiger partial charge is 0.491 e. The molecule has 0 atom stereocenters. The lowest BCUT2D eigenvalue weighted by molar-refractivity contribution is 0.316. The normalized spacial score (nSPS) is 17.3. The Balaban J connectivity index is 1.35. The molecule has 1 fully saturated rings. The molecule has 0 spiro atoms. The molecule has 0 aliphatic carbocycles. The molecule has 2 aliphatic rings. The zero-order valence-corrected chi connectivity index (χ0v) is 16.5. The molecule has 0 amide bonds. The molecule has 1 aromatic heterocycles. The van der Waals surface area contributed by atoms with E-state index in [1.807, 2.05) is 24.3 Å². The third-order valence-corrected chi connectivity index (χ3v) is 5.26. The molecule has 148 valence electrons. The highest BCUT2D eigenvalue weighted by molar-refractivity contribution is 7.80. The lowest BCUT2D eigenvalue weighted by Gasteiger charge is -2.37. The fourth-order valence-corrected chi connectivity index (χ4v) is 3.56. The molecule has 9 heteroatoms. The average Bonchev–Trinajstić information content (AvgIpc) is 2.77. The Morgan fingerprint density at radius 1 is 1.17 bits per heavy atom. The first-order chi connectivity index (χ1) is 14.1. The first-order valence-electron chi connectivity index (χ1n) is 9.30. The van der Waals surface area contributed by atoms with Crippen LogP contribution in [0.25, 0.3) is 0 Å². The second-order valence-corrected chi connectivity index (χ2v) is 7.07. The minimum absolute atomic E-state index is 0.414. The number of benzene rings is 1. The van der Waals surface area contributed by atoms with Crippen LogP contribution in [-0.2, 0) is 0 Å². The summed E-state index contributed by atoms with van der Waals surface area (Å²) < 4.78 is 19.0. The SMILES string of the molecule is N#Cc1ccc(N2CCN(C(=S)N/N=C3/CCOc4ccc(F)nc43)CC2)cc1. The van der Waals surface area contributed by atoms with E-state index in [9.17, 15) is 4.39 Å². The van der Waals surface area contributed by atoms with Gasteiger partial charge in [0, 0.05) is 38.3 Å². The van der Waals surface area contributed by atoms with E-state index in [1.54, 1.807) is 6.07 Å². The number of nitriles is 1. The predicted molar refractivity (Wildman–Crippen MR) is 112 cm³/mol. The molecule has 1 aromatic carbocycles. The summed E-state index contributed by atoms with van der Waals surface area (Å²) in [5.74, 6) is -0.0383. The van der Waals surface area contributed by atoms with Gasteiger partial charge >= 0.3 is 0 Å². The van der Waals surface area contributed by atoms with Crippen molar-refractivity contribution < 1.29 is 9.13 Å². The zero-order valence-electron chi connectivity index (χ0n) is 15.6. The van der Waals surface area contributed by atoms with Crippen LogP contribution in [-0.4, -0.2) is 53.5 Å². The number of fused-ring (bicyclic) bond motifs is 1. The van der Waals surface area contributed by atoms with Crippen LogP contribution < -0.4 is 15.1 Å². The number of nitrogens with one attached hydrogen (secondary N) is 1. The van der Waals surface area contributed by atoms with Gasteiger partial charge in [0.15, 0.2) is 5.11 Å². The smallest absolute Gasteiger partial charge is 0.213 e. The van der Waals surface area contributed by atoms with E-state index in [2.05, 4.69) is 31.4 Å². The third-order valence-electron chi connectivity index (χ3n) is 4.91. The number of rotatable bonds is 2. The Hall–Kier alpha value is -3.25. The lowest BCUT2D eigenvalue weighted by Crippen LogP contribution is -2.51. The Morgan fingerprint density at radius 2 is 1.93 bits per heavy atom. The number of anilines is 1. The van der Waals surface area contributed by atoms with E-state index in [-0.39, 0.29) is 0 Å². The second kappa shape index (κ2) is 8.41. The molecule has 4 rings (SSSR count). The van der Waals surface area contributed by atoms with Crippen LogP contribution in [0.1, 0.15) is 17.7 Å². The fourth-order valence-electron chi connectivity index (χ4n) is 3.33. The van der Waals surface area contributed by atoms with E-state index in [1.165, 1.54) is 6.07 Å². The molecule has 2 aliphatic heterocycles. The van der Waals surface area contributed by atoms with E-state index >= 15 is 0 Å². The van der Waals surface area contributed by atoms with Gasteiger partial charge in [-0.25, -0.2) is 4.98 Å². The monoisotopic (exact) mass is 410 g/mol. The van der Waals surface area contributed by atoms with Gasteiger partial charge in [-0.05, 0) is 48.6 Å². The van der Waals surface area contributed by atoms with Crippen molar-refractivity contribution in [2.45, 2.75) is 6.42 Å². The maximum absolute atomic E-state index is 13.5.